The maximum absolute atomic E-state index is 6.44. The molecule has 294 valence electrons. The van der Waals surface area contributed by atoms with E-state index in [1.807, 2.05) is 0 Å². The summed E-state index contributed by atoms with van der Waals surface area (Å²) in [5, 5.41) is 0. The number of rotatable bonds is 33. The molecule has 0 atom stereocenters. The number of hydrogen-bond acceptors (Lipinski definition) is 3. The molecule has 0 amide bonds. The second-order valence-electron chi connectivity index (χ2n) is 15.3. The third-order valence-corrected chi connectivity index (χ3v) is 10.6. The van der Waals surface area contributed by atoms with E-state index in [9.17, 15) is 0 Å². The van der Waals surface area contributed by atoms with Crippen LogP contribution >= 0.6 is 0 Å². The van der Waals surface area contributed by atoms with Crippen molar-refractivity contribution < 1.29 is 14.2 Å². The van der Waals surface area contributed by atoms with Gasteiger partial charge in [-0.25, -0.2) is 0 Å². The van der Waals surface area contributed by atoms with Gasteiger partial charge in [-0.2, -0.15) is 0 Å². The quantitative estimate of drug-likeness (QED) is 0.0457. The van der Waals surface area contributed by atoms with Crippen LogP contribution < -0.4 is 14.2 Å². The zero-order valence-electron chi connectivity index (χ0n) is 33.7. The van der Waals surface area contributed by atoms with Crippen LogP contribution in [0.3, 0.4) is 0 Å². The van der Waals surface area contributed by atoms with Gasteiger partial charge in [0.25, 0.3) is 0 Å². The molecule has 0 fully saturated rings. The average molecular weight is 733 g/mol. The Labute approximate surface area is 330 Å². The molecule has 0 aliphatic heterocycles. The number of benzene rings is 4. The lowest BCUT2D eigenvalue weighted by atomic mass is 10.0. The predicted octanol–water partition coefficient (Wildman–Crippen LogP) is 14.7. The largest absolute Gasteiger partial charge is 0.490 e. The van der Waals surface area contributed by atoms with Gasteiger partial charge >= 0.3 is 0 Å². The third kappa shape index (κ3) is 20.1. The van der Waals surface area contributed by atoms with E-state index in [1.54, 1.807) is 0 Å². The molecule has 4 rings (SSSR count). The highest BCUT2D eigenvalue weighted by atomic mass is 16.5. The van der Waals surface area contributed by atoms with Crippen LogP contribution in [-0.4, -0.2) is 19.8 Å². The highest BCUT2D eigenvalue weighted by molar-refractivity contribution is 5.51. The van der Waals surface area contributed by atoms with E-state index in [0.717, 1.165) is 49.7 Å². The molecule has 0 aliphatic rings. The molecule has 54 heavy (non-hydrogen) atoms. The monoisotopic (exact) mass is 733 g/mol. The van der Waals surface area contributed by atoms with Gasteiger partial charge in [0.05, 0.1) is 19.8 Å². The van der Waals surface area contributed by atoms with Gasteiger partial charge in [0.15, 0.2) is 11.5 Å². The van der Waals surface area contributed by atoms with Crippen molar-refractivity contribution in [3.8, 4) is 17.2 Å². The normalized spacial score (nSPS) is 11.1. The zero-order valence-corrected chi connectivity index (χ0v) is 33.7. The summed E-state index contributed by atoms with van der Waals surface area (Å²) in [5.41, 5.74) is 4.39. The molecule has 0 aliphatic carbocycles. The minimum Gasteiger partial charge on any atom is -0.490 e. The van der Waals surface area contributed by atoms with E-state index in [2.05, 4.69) is 109 Å². The Balaban J connectivity index is 1.09. The van der Waals surface area contributed by atoms with Crippen LogP contribution in [0.2, 0.25) is 0 Å². The predicted molar refractivity (Wildman–Crippen MR) is 230 cm³/mol. The summed E-state index contributed by atoms with van der Waals surface area (Å²) in [6.07, 6.45) is 30.0. The molecule has 4 aromatic carbocycles. The van der Waals surface area contributed by atoms with E-state index in [-0.39, 0.29) is 0 Å². The van der Waals surface area contributed by atoms with Gasteiger partial charge in [-0.1, -0.05) is 193 Å². The van der Waals surface area contributed by atoms with Gasteiger partial charge in [-0.15, -0.1) is 0 Å². The van der Waals surface area contributed by atoms with Crippen LogP contribution in [0.4, 0.5) is 0 Å². The first-order chi connectivity index (χ1) is 26.9. The zero-order chi connectivity index (χ0) is 37.4. The minimum atomic E-state index is 0.708. The SMILES string of the molecule is c1ccc(CCCCCCCCCOc2cccc(OCCCCCCCCCc3ccccc3)c2OCCCCCCCCCc2ccccc2)cc1. The second-order valence-corrected chi connectivity index (χ2v) is 15.3. The maximum Gasteiger partial charge on any atom is 0.203 e. The fourth-order valence-electron chi connectivity index (χ4n) is 7.28. The van der Waals surface area contributed by atoms with Crippen molar-refractivity contribution in [3.63, 3.8) is 0 Å². The molecule has 4 aromatic rings. The van der Waals surface area contributed by atoms with E-state index in [1.165, 1.54) is 152 Å². The molecule has 0 saturated carbocycles. The summed E-state index contributed by atoms with van der Waals surface area (Å²) < 4.78 is 19.1. The molecule has 0 saturated heterocycles. The fourth-order valence-corrected chi connectivity index (χ4v) is 7.28. The Bertz CT molecular complexity index is 1340. The van der Waals surface area contributed by atoms with E-state index in [4.69, 9.17) is 14.2 Å². The summed E-state index contributed by atoms with van der Waals surface area (Å²) in [7, 11) is 0. The fraction of sp³-hybridized carbons (Fsp3) is 0.529. The molecular weight excluding hydrogens is 661 g/mol. The Morgan fingerprint density at radius 1 is 0.241 bits per heavy atom. The van der Waals surface area contributed by atoms with Gasteiger partial charge < -0.3 is 14.2 Å². The summed E-state index contributed by atoms with van der Waals surface area (Å²) in [6.45, 7) is 2.16. The Kier molecular flexibility index (Phi) is 23.6. The highest BCUT2D eigenvalue weighted by Gasteiger charge is 2.13. The first-order valence-corrected chi connectivity index (χ1v) is 22.0. The molecule has 0 radical (unpaired) electrons. The van der Waals surface area contributed by atoms with Crippen LogP contribution in [0.5, 0.6) is 17.2 Å². The summed E-state index contributed by atoms with van der Waals surface area (Å²) in [5.74, 6) is 2.47. The molecule has 3 nitrogen and oxygen atoms in total. The van der Waals surface area contributed by atoms with Crippen molar-refractivity contribution >= 4 is 0 Å². The first-order valence-electron chi connectivity index (χ1n) is 22.0. The number of unbranched alkanes of at least 4 members (excludes halogenated alkanes) is 18. The van der Waals surface area contributed by atoms with Crippen LogP contribution in [0.1, 0.15) is 152 Å². The van der Waals surface area contributed by atoms with Crippen LogP contribution in [0, 0.1) is 0 Å². The summed E-state index contributed by atoms with van der Waals surface area (Å²) in [6, 6.07) is 38.8. The number of para-hydroxylation sites is 1. The smallest absolute Gasteiger partial charge is 0.203 e. The van der Waals surface area contributed by atoms with Gasteiger partial charge in [-0.05, 0) is 86.6 Å². The van der Waals surface area contributed by atoms with Crippen molar-refractivity contribution in [1.29, 1.82) is 0 Å². The molecule has 0 heterocycles. The van der Waals surface area contributed by atoms with Crippen LogP contribution in [0.25, 0.3) is 0 Å². The second kappa shape index (κ2) is 29.6. The molecule has 0 unspecified atom stereocenters. The summed E-state index contributed by atoms with van der Waals surface area (Å²) in [4.78, 5) is 0. The third-order valence-electron chi connectivity index (χ3n) is 10.6. The topological polar surface area (TPSA) is 27.7 Å². The number of aryl methyl sites for hydroxylation is 3. The number of ether oxygens (including phenoxy) is 3. The molecular formula is C51H72O3. The van der Waals surface area contributed by atoms with Crippen molar-refractivity contribution in [2.24, 2.45) is 0 Å². The lowest BCUT2D eigenvalue weighted by Gasteiger charge is -2.17. The molecule has 0 N–H and O–H groups in total. The standard InChI is InChI=1S/C51H72O3/c1(4-10-19-32-46-35-22-16-23-36-46)7-13-28-43-52-49-41-31-42-50(53-44-29-14-8-2-5-11-20-33-47-37-24-17-25-38-47)51(49)54-45-30-15-9-3-6-12-21-34-48-39-26-18-27-40-48/h16-18,22-27,31,35-42H,1-15,19-21,28-30,32-34,43-45H2. The van der Waals surface area contributed by atoms with Gasteiger partial charge in [0.1, 0.15) is 0 Å². The Hall–Kier alpha value is -3.72. The minimum absolute atomic E-state index is 0.708. The first kappa shape index (κ1) is 43.0. The Morgan fingerprint density at radius 2 is 0.519 bits per heavy atom. The molecule has 0 aromatic heterocycles. The van der Waals surface area contributed by atoms with Gasteiger partial charge in [-0.3, -0.25) is 0 Å². The van der Waals surface area contributed by atoms with Crippen molar-refractivity contribution in [1.82, 2.24) is 0 Å². The van der Waals surface area contributed by atoms with Crippen molar-refractivity contribution in [2.45, 2.75) is 154 Å². The maximum atomic E-state index is 6.44. The van der Waals surface area contributed by atoms with Gasteiger partial charge in [0.2, 0.25) is 5.75 Å². The van der Waals surface area contributed by atoms with E-state index in [0.29, 0.717) is 6.61 Å². The lowest BCUT2D eigenvalue weighted by Crippen LogP contribution is -2.06. The van der Waals surface area contributed by atoms with Gasteiger partial charge in [0, 0.05) is 0 Å². The van der Waals surface area contributed by atoms with Crippen LogP contribution in [0.15, 0.2) is 109 Å². The Morgan fingerprint density at radius 3 is 0.852 bits per heavy atom. The van der Waals surface area contributed by atoms with E-state index >= 15 is 0 Å². The van der Waals surface area contributed by atoms with Crippen molar-refractivity contribution in [3.05, 3.63) is 126 Å². The van der Waals surface area contributed by atoms with Crippen LogP contribution in [-0.2, 0) is 19.3 Å². The number of hydrogen-bond donors (Lipinski definition) is 0. The molecule has 0 bridgehead atoms. The lowest BCUT2D eigenvalue weighted by molar-refractivity contribution is 0.234. The highest BCUT2D eigenvalue weighted by Crippen LogP contribution is 2.38. The van der Waals surface area contributed by atoms with E-state index < -0.39 is 0 Å². The molecule has 0 spiro atoms. The average Bonchev–Trinajstić information content (AvgIpc) is 3.21. The molecule has 3 heteroatoms. The van der Waals surface area contributed by atoms with Crippen molar-refractivity contribution in [2.75, 3.05) is 19.8 Å². The summed E-state index contributed by atoms with van der Waals surface area (Å²) >= 11 is 0.